The van der Waals surface area contributed by atoms with Crippen molar-refractivity contribution >= 4 is 28.4 Å². The molecule has 5 nitrogen and oxygen atoms in total. The van der Waals surface area contributed by atoms with Gasteiger partial charge in [-0.05, 0) is 62.2 Å². The van der Waals surface area contributed by atoms with Crippen molar-refractivity contribution in [3.05, 3.63) is 105 Å². The van der Waals surface area contributed by atoms with Crippen molar-refractivity contribution in [1.29, 1.82) is 0 Å². The first-order chi connectivity index (χ1) is 15.9. The number of nitrogens with zero attached hydrogens (tertiary/aromatic N) is 3. The predicted octanol–water partition coefficient (Wildman–Crippen LogP) is 5.96. The lowest BCUT2D eigenvalue weighted by Gasteiger charge is -2.30. The van der Waals surface area contributed by atoms with Gasteiger partial charge in [-0.25, -0.2) is 4.98 Å². The number of aryl methyl sites for hydroxylation is 1. The number of hydrogen-bond acceptors (Lipinski definition) is 3. The molecule has 1 aromatic heterocycles. The summed E-state index contributed by atoms with van der Waals surface area (Å²) in [5.74, 6) is 0.325. The van der Waals surface area contributed by atoms with Crippen LogP contribution in [0, 0.1) is 6.92 Å². The predicted molar refractivity (Wildman–Crippen MR) is 133 cm³/mol. The molecule has 0 saturated heterocycles. The molecule has 0 N–H and O–H groups in total. The Bertz CT molecular complexity index is 1380. The molecule has 0 fully saturated rings. The fraction of sp³-hybridized carbons (Fsp3) is 0.222. The number of carbonyl (C=O) groups is 1. The third kappa shape index (κ3) is 4.41. The first-order valence-corrected chi connectivity index (χ1v) is 11.4. The molecule has 0 radical (unpaired) electrons. The van der Waals surface area contributed by atoms with Crippen molar-refractivity contribution in [2.45, 2.75) is 33.2 Å². The van der Waals surface area contributed by atoms with Crippen LogP contribution in [0.25, 0.3) is 16.6 Å². The fourth-order valence-electron chi connectivity index (χ4n) is 4.09. The smallest absolute Gasteiger partial charge is 0.266 e. The van der Waals surface area contributed by atoms with E-state index in [2.05, 4.69) is 0 Å². The lowest BCUT2D eigenvalue weighted by atomic mass is 10.1. The fourth-order valence-corrected chi connectivity index (χ4v) is 4.30. The molecule has 0 spiro atoms. The standard InChI is InChI=1S/C27H26ClN3O2/c1-4-16-30(26(32)21-12-5-7-14-23(21)28)19(3)25-29-24-15-8-6-13-22(24)27(33)31(25)20-11-9-10-18(2)17-20/h5-15,17,19H,4,16H2,1-3H3. The minimum absolute atomic E-state index is 0.158. The Kier molecular flexibility index (Phi) is 6.61. The largest absolute Gasteiger partial charge is 0.329 e. The van der Waals surface area contributed by atoms with Crippen LogP contribution in [0.5, 0.6) is 0 Å². The Morgan fingerprint density at radius 3 is 2.52 bits per heavy atom. The van der Waals surface area contributed by atoms with Crippen LogP contribution in [0.3, 0.4) is 0 Å². The van der Waals surface area contributed by atoms with Gasteiger partial charge >= 0.3 is 0 Å². The summed E-state index contributed by atoms with van der Waals surface area (Å²) in [5.41, 5.74) is 2.64. The molecule has 0 aliphatic carbocycles. The maximum absolute atomic E-state index is 13.6. The Balaban J connectivity index is 1.93. The average Bonchev–Trinajstić information content (AvgIpc) is 2.82. The van der Waals surface area contributed by atoms with Gasteiger partial charge in [-0.3, -0.25) is 14.2 Å². The summed E-state index contributed by atoms with van der Waals surface area (Å²) in [6.07, 6.45) is 0.753. The highest BCUT2D eigenvalue weighted by molar-refractivity contribution is 6.33. The number of para-hydroxylation sites is 1. The summed E-state index contributed by atoms with van der Waals surface area (Å²) in [4.78, 5) is 33.8. The SMILES string of the molecule is CCCN(C(=O)c1ccccc1Cl)C(C)c1nc2ccccc2c(=O)n1-c1cccc(C)c1. The van der Waals surface area contributed by atoms with Gasteiger partial charge in [0.1, 0.15) is 5.82 Å². The Morgan fingerprint density at radius 2 is 1.79 bits per heavy atom. The van der Waals surface area contributed by atoms with Gasteiger partial charge in [0.05, 0.1) is 33.2 Å². The van der Waals surface area contributed by atoms with Crippen molar-refractivity contribution in [2.24, 2.45) is 0 Å². The Labute approximate surface area is 198 Å². The summed E-state index contributed by atoms with van der Waals surface area (Å²) < 4.78 is 1.63. The number of halogens is 1. The van der Waals surface area contributed by atoms with Crippen molar-refractivity contribution in [3.8, 4) is 5.69 Å². The quantitative estimate of drug-likeness (QED) is 0.357. The van der Waals surface area contributed by atoms with E-state index in [4.69, 9.17) is 16.6 Å². The van der Waals surface area contributed by atoms with Crippen molar-refractivity contribution in [2.75, 3.05) is 6.54 Å². The molecule has 3 aromatic carbocycles. The maximum atomic E-state index is 13.6. The van der Waals surface area contributed by atoms with Crippen LogP contribution in [0.1, 0.15) is 48.1 Å². The highest BCUT2D eigenvalue weighted by Crippen LogP contribution is 2.27. The number of rotatable bonds is 6. The summed E-state index contributed by atoms with van der Waals surface area (Å²) in [5, 5.41) is 0.938. The Morgan fingerprint density at radius 1 is 1.06 bits per heavy atom. The van der Waals surface area contributed by atoms with E-state index in [1.165, 1.54) is 0 Å². The highest BCUT2D eigenvalue weighted by atomic mass is 35.5. The zero-order valence-corrected chi connectivity index (χ0v) is 19.7. The molecular formula is C27H26ClN3O2. The van der Waals surface area contributed by atoms with Crippen molar-refractivity contribution < 1.29 is 4.79 Å². The van der Waals surface area contributed by atoms with E-state index >= 15 is 0 Å². The topological polar surface area (TPSA) is 55.2 Å². The maximum Gasteiger partial charge on any atom is 0.266 e. The molecule has 1 amide bonds. The molecule has 168 valence electrons. The van der Waals surface area contributed by atoms with Gasteiger partial charge in [-0.1, -0.05) is 54.9 Å². The summed E-state index contributed by atoms with van der Waals surface area (Å²) in [6, 6.07) is 21.6. The van der Waals surface area contributed by atoms with Gasteiger partial charge in [-0.2, -0.15) is 0 Å². The van der Waals surface area contributed by atoms with E-state index in [-0.39, 0.29) is 11.5 Å². The molecule has 0 aliphatic rings. The van der Waals surface area contributed by atoms with Gasteiger partial charge in [0.15, 0.2) is 0 Å². The molecule has 4 aromatic rings. The van der Waals surface area contributed by atoms with E-state index in [0.29, 0.717) is 33.9 Å². The van der Waals surface area contributed by atoms with Crippen LogP contribution < -0.4 is 5.56 Å². The number of hydrogen-bond donors (Lipinski definition) is 0. The number of amides is 1. The van der Waals surface area contributed by atoms with Crippen LogP contribution >= 0.6 is 11.6 Å². The molecule has 1 heterocycles. The third-order valence-electron chi connectivity index (χ3n) is 5.73. The first kappa shape index (κ1) is 22.7. The molecule has 6 heteroatoms. The van der Waals surface area contributed by atoms with E-state index in [0.717, 1.165) is 17.7 Å². The normalized spacial score (nSPS) is 12.0. The number of carbonyl (C=O) groups excluding carboxylic acids is 1. The second kappa shape index (κ2) is 9.59. The number of aromatic nitrogens is 2. The molecule has 33 heavy (non-hydrogen) atoms. The summed E-state index contributed by atoms with van der Waals surface area (Å²) in [7, 11) is 0. The van der Waals surface area contributed by atoms with Crippen LogP contribution in [0.15, 0.2) is 77.6 Å². The van der Waals surface area contributed by atoms with Crippen molar-refractivity contribution in [3.63, 3.8) is 0 Å². The highest BCUT2D eigenvalue weighted by Gasteiger charge is 2.28. The second-order valence-corrected chi connectivity index (χ2v) is 8.53. The van der Waals surface area contributed by atoms with Crippen LogP contribution in [0.2, 0.25) is 5.02 Å². The molecule has 1 unspecified atom stereocenters. The first-order valence-electron chi connectivity index (χ1n) is 11.1. The Hall–Kier alpha value is -3.44. The minimum Gasteiger partial charge on any atom is -0.329 e. The van der Waals surface area contributed by atoms with Gasteiger partial charge in [0, 0.05) is 6.54 Å². The molecular weight excluding hydrogens is 434 g/mol. The van der Waals surface area contributed by atoms with E-state index in [9.17, 15) is 9.59 Å². The van der Waals surface area contributed by atoms with Crippen LogP contribution in [-0.2, 0) is 0 Å². The van der Waals surface area contributed by atoms with Crippen molar-refractivity contribution in [1.82, 2.24) is 14.5 Å². The minimum atomic E-state index is -0.466. The molecule has 4 rings (SSSR count). The third-order valence-corrected chi connectivity index (χ3v) is 6.06. The van der Waals surface area contributed by atoms with Gasteiger partial charge in [0.2, 0.25) is 0 Å². The molecule has 0 aliphatic heterocycles. The monoisotopic (exact) mass is 459 g/mol. The van der Waals surface area contributed by atoms with Gasteiger partial charge in [-0.15, -0.1) is 0 Å². The van der Waals surface area contributed by atoms with E-state index in [1.807, 2.05) is 63.2 Å². The lowest BCUT2D eigenvalue weighted by Crippen LogP contribution is -2.38. The number of fused-ring (bicyclic) bond motifs is 1. The summed E-state index contributed by atoms with van der Waals surface area (Å²) in [6.45, 7) is 6.41. The van der Waals surface area contributed by atoms with E-state index in [1.54, 1.807) is 39.8 Å². The zero-order chi connectivity index (χ0) is 23.5. The molecule has 0 bridgehead atoms. The number of benzene rings is 3. The van der Waals surface area contributed by atoms with E-state index < -0.39 is 6.04 Å². The van der Waals surface area contributed by atoms with Crippen LogP contribution in [-0.4, -0.2) is 26.9 Å². The second-order valence-electron chi connectivity index (χ2n) is 8.12. The zero-order valence-electron chi connectivity index (χ0n) is 19.0. The van der Waals surface area contributed by atoms with Crippen LogP contribution in [0.4, 0.5) is 0 Å². The van der Waals surface area contributed by atoms with Gasteiger partial charge < -0.3 is 4.90 Å². The lowest BCUT2D eigenvalue weighted by molar-refractivity contribution is 0.0681. The summed E-state index contributed by atoms with van der Waals surface area (Å²) >= 11 is 6.34. The van der Waals surface area contributed by atoms with Gasteiger partial charge in [0.25, 0.3) is 11.5 Å². The molecule has 0 saturated carbocycles. The molecule has 1 atom stereocenters. The average molecular weight is 460 g/mol.